The van der Waals surface area contributed by atoms with E-state index in [0.29, 0.717) is 0 Å². The van der Waals surface area contributed by atoms with Crippen molar-refractivity contribution in [1.29, 1.82) is 0 Å². The third-order valence-corrected chi connectivity index (χ3v) is 1.48. The molecule has 1 aromatic carbocycles. The van der Waals surface area contributed by atoms with Crippen LogP contribution >= 0.6 is 0 Å². The molecule has 0 aromatic heterocycles. The summed E-state index contributed by atoms with van der Waals surface area (Å²) in [6.07, 6.45) is 5.06. The van der Waals surface area contributed by atoms with Gasteiger partial charge in [-0.05, 0) is 18.2 Å². The van der Waals surface area contributed by atoms with E-state index in [1.54, 1.807) is 0 Å². The molecule has 0 heterocycles. The Morgan fingerprint density at radius 3 is 2.64 bits per heavy atom. The van der Waals surface area contributed by atoms with E-state index in [9.17, 15) is 0 Å². The molecule has 0 saturated heterocycles. The molecule has 0 fully saturated rings. The number of rotatable bonds is 3. The van der Waals surface area contributed by atoms with E-state index in [1.165, 1.54) is 5.56 Å². The molecule has 0 saturated carbocycles. The molecule has 11 heavy (non-hydrogen) atoms. The average molecular weight is 147 g/mol. The number of allylic oxidation sites excluding steroid dienone is 1. The van der Waals surface area contributed by atoms with Gasteiger partial charge in [0.05, 0.1) is 0 Å². The van der Waals surface area contributed by atoms with Gasteiger partial charge in [0, 0.05) is 7.05 Å². The molecule has 58 valence electrons. The molecule has 0 radical (unpaired) electrons. The summed E-state index contributed by atoms with van der Waals surface area (Å²) in [5, 5.41) is 2.96. The second kappa shape index (κ2) is 4.56. The smallest absolute Gasteiger partial charge is 0.00276 e. The Hall–Kier alpha value is -1.24. The highest BCUT2D eigenvalue weighted by atomic mass is 14.8. The van der Waals surface area contributed by atoms with E-state index >= 15 is 0 Å². The quantitative estimate of drug-likeness (QED) is 0.689. The Morgan fingerprint density at radius 2 is 2.00 bits per heavy atom. The van der Waals surface area contributed by atoms with E-state index < -0.39 is 0 Å². The van der Waals surface area contributed by atoms with Crippen molar-refractivity contribution in [3.8, 4) is 0 Å². The van der Waals surface area contributed by atoms with Crippen LogP contribution in [0, 0.1) is 0 Å². The SMILES string of the molecule is CN/C=C\Cc1ccccc1. The molecule has 1 aromatic rings. The van der Waals surface area contributed by atoms with Crippen molar-refractivity contribution in [2.24, 2.45) is 0 Å². The molecular formula is C10H13N. The van der Waals surface area contributed by atoms with Gasteiger partial charge in [-0.15, -0.1) is 0 Å². The van der Waals surface area contributed by atoms with Crippen LogP contribution in [0.1, 0.15) is 5.56 Å². The first-order chi connectivity index (χ1) is 5.43. The summed E-state index contributed by atoms with van der Waals surface area (Å²) >= 11 is 0. The summed E-state index contributed by atoms with van der Waals surface area (Å²) in [5.41, 5.74) is 1.35. The minimum Gasteiger partial charge on any atom is -0.394 e. The highest BCUT2D eigenvalue weighted by Crippen LogP contribution is 1.99. The molecule has 0 aliphatic rings. The predicted octanol–water partition coefficient (Wildman–Crippen LogP) is 1.96. The van der Waals surface area contributed by atoms with Crippen molar-refractivity contribution in [2.45, 2.75) is 6.42 Å². The Labute approximate surface area is 67.8 Å². The lowest BCUT2D eigenvalue weighted by molar-refractivity contribution is 1.08. The van der Waals surface area contributed by atoms with E-state index in [1.807, 2.05) is 19.3 Å². The van der Waals surface area contributed by atoms with Gasteiger partial charge in [0.15, 0.2) is 0 Å². The molecule has 0 unspecified atom stereocenters. The molecule has 1 nitrogen and oxygen atoms in total. The maximum absolute atomic E-state index is 2.96. The zero-order valence-electron chi connectivity index (χ0n) is 6.75. The summed E-state index contributed by atoms with van der Waals surface area (Å²) in [6.45, 7) is 0. The van der Waals surface area contributed by atoms with Gasteiger partial charge in [0.1, 0.15) is 0 Å². The van der Waals surface area contributed by atoms with Gasteiger partial charge in [-0.25, -0.2) is 0 Å². The first kappa shape index (κ1) is 7.86. The third kappa shape index (κ3) is 2.89. The molecule has 0 atom stereocenters. The van der Waals surface area contributed by atoms with E-state index in [2.05, 4.69) is 35.7 Å². The summed E-state index contributed by atoms with van der Waals surface area (Å²) in [4.78, 5) is 0. The van der Waals surface area contributed by atoms with Crippen molar-refractivity contribution in [1.82, 2.24) is 5.32 Å². The van der Waals surface area contributed by atoms with Gasteiger partial charge >= 0.3 is 0 Å². The van der Waals surface area contributed by atoms with Crippen LogP contribution < -0.4 is 5.32 Å². The number of benzene rings is 1. The topological polar surface area (TPSA) is 12.0 Å². The summed E-state index contributed by atoms with van der Waals surface area (Å²) in [6, 6.07) is 10.4. The lowest BCUT2D eigenvalue weighted by atomic mass is 10.1. The second-order valence-corrected chi connectivity index (χ2v) is 2.38. The fourth-order valence-electron chi connectivity index (χ4n) is 0.927. The van der Waals surface area contributed by atoms with Gasteiger partial charge in [-0.3, -0.25) is 0 Å². The molecule has 0 aliphatic carbocycles. The minimum absolute atomic E-state index is 1.00. The standard InChI is InChI=1S/C10H13N/c1-11-9-5-8-10-6-3-2-4-7-10/h2-7,9,11H,8H2,1H3/b9-5-. The fourth-order valence-corrected chi connectivity index (χ4v) is 0.927. The molecule has 0 bridgehead atoms. The van der Waals surface area contributed by atoms with Crippen molar-refractivity contribution in [2.75, 3.05) is 7.05 Å². The Balaban J connectivity index is 2.45. The highest BCUT2D eigenvalue weighted by molar-refractivity contribution is 5.17. The highest BCUT2D eigenvalue weighted by Gasteiger charge is 1.83. The molecule has 1 heteroatoms. The number of nitrogens with one attached hydrogen (secondary N) is 1. The van der Waals surface area contributed by atoms with Crippen LogP contribution in [0.25, 0.3) is 0 Å². The van der Waals surface area contributed by atoms with Crippen LogP contribution in [0.15, 0.2) is 42.6 Å². The zero-order chi connectivity index (χ0) is 7.94. The van der Waals surface area contributed by atoms with Gasteiger partial charge in [-0.2, -0.15) is 0 Å². The van der Waals surface area contributed by atoms with Gasteiger partial charge in [0.25, 0.3) is 0 Å². The average Bonchev–Trinajstić information content (AvgIpc) is 2.07. The lowest BCUT2D eigenvalue weighted by Gasteiger charge is -1.93. The lowest BCUT2D eigenvalue weighted by Crippen LogP contribution is -1.91. The summed E-state index contributed by atoms with van der Waals surface area (Å²) < 4.78 is 0. The summed E-state index contributed by atoms with van der Waals surface area (Å²) in [7, 11) is 1.90. The van der Waals surface area contributed by atoms with E-state index in [0.717, 1.165) is 6.42 Å². The van der Waals surface area contributed by atoms with E-state index in [4.69, 9.17) is 0 Å². The van der Waals surface area contributed by atoms with Crippen molar-refractivity contribution in [3.05, 3.63) is 48.2 Å². The maximum Gasteiger partial charge on any atom is 0.00276 e. The monoisotopic (exact) mass is 147 g/mol. The normalized spacial score (nSPS) is 10.3. The van der Waals surface area contributed by atoms with Gasteiger partial charge < -0.3 is 5.32 Å². The minimum atomic E-state index is 1.00. The molecule has 0 spiro atoms. The Kier molecular flexibility index (Phi) is 3.26. The third-order valence-electron chi connectivity index (χ3n) is 1.48. The van der Waals surface area contributed by atoms with Crippen LogP contribution in [-0.4, -0.2) is 7.05 Å². The van der Waals surface area contributed by atoms with Crippen LogP contribution in [-0.2, 0) is 6.42 Å². The Bertz CT molecular complexity index is 214. The largest absolute Gasteiger partial charge is 0.394 e. The number of hydrogen-bond acceptors (Lipinski definition) is 1. The van der Waals surface area contributed by atoms with Gasteiger partial charge in [0.2, 0.25) is 0 Å². The van der Waals surface area contributed by atoms with Crippen molar-refractivity contribution < 1.29 is 0 Å². The molecule has 0 aliphatic heterocycles. The van der Waals surface area contributed by atoms with Gasteiger partial charge in [-0.1, -0.05) is 36.4 Å². The molecule has 1 N–H and O–H groups in total. The fraction of sp³-hybridized carbons (Fsp3) is 0.200. The van der Waals surface area contributed by atoms with E-state index in [-0.39, 0.29) is 0 Å². The molecular weight excluding hydrogens is 134 g/mol. The predicted molar refractivity (Wildman–Crippen MR) is 48.3 cm³/mol. The van der Waals surface area contributed by atoms with Crippen LogP contribution in [0.5, 0.6) is 0 Å². The molecule has 0 amide bonds. The maximum atomic E-state index is 2.96. The van der Waals surface area contributed by atoms with Crippen molar-refractivity contribution in [3.63, 3.8) is 0 Å². The zero-order valence-corrected chi connectivity index (χ0v) is 6.75. The van der Waals surface area contributed by atoms with Crippen LogP contribution in [0.2, 0.25) is 0 Å². The first-order valence-electron chi connectivity index (χ1n) is 3.79. The van der Waals surface area contributed by atoms with Crippen molar-refractivity contribution >= 4 is 0 Å². The summed E-state index contributed by atoms with van der Waals surface area (Å²) in [5.74, 6) is 0. The number of hydrogen-bond donors (Lipinski definition) is 1. The Morgan fingerprint density at radius 1 is 1.27 bits per heavy atom. The molecule has 1 rings (SSSR count). The second-order valence-electron chi connectivity index (χ2n) is 2.38. The van der Waals surface area contributed by atoms with Crippen LogP contribution in [0.4, 0.5) is 0 Å². The van der Waals surface area contributed by atoms with Crippen LogP contribution in [0.3, 0.4) is 0 Å². The first-order valence-corrected chi connectivity index (χ1v) is 3.79.